The Bertz CT molecular complexity index is 2140. The molecule has 0 amide bonds. The third-order valence-corrected chi connectivity index (χ3v) is 9.52. The number of carbonyl (C=O) groups is 2. The summed E-state index contributed by atoms with van der Waals surface area (Å²) in [6.45, 7) is 3.49. The van der Waals surface area contributed by atoms with Crippen molar-refractivity contribution in [2.24, 2.45) is 0 Å². The van der Waals surface area contributed by atoms with Crippen LogP contribution in [0.2, 0.25) is 0 Å². The summed E-state index contributed by atoms with van der Waals surface area (Å²) in [6, 6.07) is 10.0. The fraction of sp³-hybridized carbons (Fsp3) is 0.341. The van der Waals surface area contributed by atoms with Crippen LogP contribution in [0.5, 0.6) is 34.5 Å². The lowest BCUT2D eigenvalue weighted by Gasteiger charge is -2.35. The summed E-state index contributed by atoms with van der Waals surface area (Å²) in [4.78, 5) is 25.4. The van der Waals surface area contributed by atoms with Gasteiger partial charge in [-0.1, -0.05) is 7.43 Å². The molecular formula is C41H43F4N2O8+. The fourth-order valence-electron chi connectivity index (χ4n) is 6.67. The summed E-state index contributed by atoms with van der Waals surface area (Å²) in [5.41, 5.74) is 4.63. The molecule has 14 heteroatoms. The molecule has 4 aromatic carbocycles. The van der Waals surface area contributed by atoms with Gasteiger partial charge < -0.3 is 28.4 Å². The number of halogens is 4. The SMILES string of the molecule is C.CC(=O)c1ccc(F)c(F)c1.COc1c2c(cc3c1C(CC(=O)c1ccc(F)c(F)c1)N(C)CC3)OCO2.COc1c2c(cc3c1OCO3)CC[N+](C)=C2. The lowest BCUT2D eigenvalue weighted by atomic mass is 9.87. The molecule has 292 valence electrons. The molecule has 4 aliphatic heterocycles. The van der Waals surface area contributed by atoms with Gasteiger partial charge in [-0.25, -0.2) is 22.1 Å². The zero-order chi connectivity index (χ0) is 38.7. The second kappa shape index (κ2) is 17.2. The molecule has 1 unspecified atom stereocenters. The van der Waals surface area contributed by atoms with Crippen molar-refractivity contribution < 1.29 is 60.1 Å². The average molecular weight is 768 g/mol. The van der Waals surface area contributed by atoms with E-state index < -0.39 is 23.3 Å². The second-order valence-corrected chi connectivity index (χ2v) is 13.0. The molecular weight excluding hydrogens is 724 g/mol. The van der Waals surface area contributed by atoms with Crippen molar-refractivity contribution in [1.82, 2.24) is 4.90 Å². The van der Waals surface area contributed by atoms with E-state index >= 15 is 0 Å². The fourth-order valence-corrected chi connectivity index (χ4v) is 6.67. The minimum Gasteiger partial charge on any atom is -0.492 e. The van der Waals surface area contributed by atoms with Crippen molar-refractivity contribution in [2.75, 3.05) is 55.0 Å². The smallest absolute Gasteiger partial charge is 0.231 e. The van der Waals surface area contributed by atoms with Crippen LogP contribution in [-0.2, 0) is 12.8 Å². The van der Waals surface area contributed by atoms with Crippen molar-refractivity contribution in [2.45, 2.75) is 39.7 Å². The largest absolute Gasteiger partial charge is 0.492 e. The average Bonchev–Trinajstić information content (AvgIpc) is 3.83. The number of hydrogen-bond donors (Lipinski definition) is 0. The molecule has 1 atom stereocenters. The molecule has 0 radical (unpaired) electrons. The van der Waals surface area contributed by atoms with Gasteiger partial charge in [0.1, 0.15) is 13.6 Å². The summed E-state index contributed by atoms with van der Waals surface area (Å²) < 4.78 is 86.4. The molecule has 0 N–H and O–H groups in total. The van der Waals surface area contributed by atoms with Crippen LogP contribution in [0.4, 0.5) is 17.6 Å². The van der Waals surface area contributed by atoms with Crippen molar-refractivity contribution in [3.8, 4) is 34.5 Å². The van der Waals surface area contributed by atoms with E-state index in [0.717, 1.165) is 84.1 Å². The number of ether oxygens (including phenoxy) is 6. The lowest BCUT2D eigenvalue weighted by molar-refractivity contribution is -0.493. The van der Waals surface area contributed by atoms with E-state index in [9.17, 15) is 27.2 Å². The molecule has 0 saturated heterocycles. The third kappa shape index (κ3) is 8.54. The molecule has 0 spiro atoms. The summed E-state index contributed by atoms with van der Waals surface area (Å²) in [6.07, 6.45) is 4.01. The highest BCUT2D eigenvalue weighted by Crippen LogP contribution is 2.50. The number of likely N-dealkylation sites (N-methyl/N-ethyl adjacent to an activating group) is 2. The van der Waals surface area contributed by atoms with Crippen molar-refractivity contribution in [3.63, 3.8) is 0 Å². The van der Waals surface area contributed by atoms with E-state index in [1.165, 1.54) is 24.6 Å². The third-order valence-electron chi connectivity index (χ3n) is 9.52. The first-order chi connectivity index (χ1) is 25.9. The summed E-state index contributed by atoms with van der Waals surface area (Å²) in [5.74, 6) is -0.402. The predicted molar refractivity (Wildman–Crippen MR) is 196 cm³/mol. The van der Waals surface area contributed by atoms with E-state index in [2.05, 4.69) is 28.8 Å². The number of fused-ring (bicyclic) bond motifs is 4. The summed E-state index contributed by atoms with van der Waals surface area (Å²) >= 11 is 0. The maximum atomic E-state index is 13.5. The van der Waals surface area contributed by atoms with Crippen molar-refractivity contribution in [1.29, 1.82) is 0 Å². The highest BCUT2D eigenvalue weighted by atomic mass is 19.2. The topological polar surface area (TPSA) is 95.8 Å². The van der Waals surface area contributed by atoms with Crippen molar-refractivity contribution in [3.05, 3.63) is 105 Å². The second-order valence-electron chi connectivity index (χ2n) is 13.0. The first-order valence-electron chi connectivity index (χ1n) is 17.1. The number of Topliss-reactive ketones (excluding diaryl/α,β-unsaturated/α-hetero) is 2. The Morgan fingerprint density at radius 3 is 1.93 bits per heavy atom. The minimum atomic E-state index is -1.03. The van der Waals surface area contributed by atoms with Crippen LogP contribution in [0.15, 0.2) is 48.5 Å². The molecule has 0 aromatic heterocycles. The highest BCUT2D eigenvalue weighted by molar-refractivity contribution is 5.96. The van der Waals surface area contributed by atoms with Crippen LogP contribution >= 0.6 is 0 Å². The Morgan fingerprint density at radius 1 is 0.782 bits per heavy atom. The monoisotopic (exact) mass is 767 g/mol. The first-order valence-corrected chi connectivity index (χ1v) is 17.1. The minimum absolute atomic E-state index is 0. The number of ketones is 2. The van der Waals surface area contributed by atoms with Crippen LogP contribution < -0.4 is 28.4 Å². The van der Waals surface area contributed by atoms with E-state index in [0.29, 0.717) is 17.2 Å². The Hall–Kier alpha value is -5.63. The Kier molecular flexibility index (Phi) is 12.7. The van der Waals surface area contributed by atoms with Gasteiger partial charge >= 0.3 is 0 Å². The van der Waals surface area contributed by atoms with Gasteiger partial charge in [-0.2, -0.15) is 0 Å². The van der Waals surface area contributed by atoms with Crippen LogP contribution in [0.25, 0.3) is 0 Å². The molecule has 4 aliphatic rings. The van der Waals surface area contributed by atoms with Gasteiger partial charge in [0.25, 0.3) is 0 Å². The first kappa shape index (κ1) is 40.6. The maximum Gasteiger partial charge on any atom is 0.231 e. The van der Waals surface area contributed by atoms with E-state index in [1.54, 1.807) is 14.2 Å². The molecule has 10 nitrogen and oxygen atoms in total. The van der Waals surface area contributed by atoms with Crippen LogP contribution in [-0.4, -0.2) is 82.2 Å². The van der Waals surface area contributed by atoms with E-state index in [4.69, 9.17) is 28.4 Å². The normalized spacial score (nSPS) is 15.8. The molecule has 0 bridgehead atoms. The predicted octanol–water partition coefficient (Wildman–Crippen LogP) is 7.35. The standard InChI is InChI=1S/C20H19F2NO4.C12H14NO3.C8H6F2O.CH4/c1-23-6-5-12-8-17-19(27-10-26-17)20(25-2)18(12)15(23)9-16(24)11-3-4-13(21)14(22)7-11;1-13-4-3-8-5-10-12(16-7-15-10)11(14-2)9(8)6-13;1-5(11)6-2-3-7(9)8(10)4-6;/h3-4,7-8,15H,5-6,9-10H2,1-2H3;5-6H,3-4,7H2,1-2H3;2-4H,1H3;1H4/q;+1;;. The lowest BCUT2D eigenvalue weighted by Crippen LogP contribution is -2.34. The number of rotatable bonds is 6. The van der Waals surface area contributed by atoms with Crippen molar-refractivity contribution >= 4 is 17.8 Å². The van der Waals surface area contributed by atoms with Crippen LogP contribution in [0.3, 0.4) is 0 Å². The maximum absolute atomic E-state index is 13.5. The number of nitrogens with zero attached hydrogens (tertiary/aromatic N) is 2. The van der Waals surface area contributed by atoms with Gasteiger partial charge in [0.2, 0.25) is 25.1 Å². The highest BCUT2D eigenvalue weighted by Gasteiger charge is 2.35. The molecule has 55 heavy (non-hydrogen) atoms. The molecule has 0 fully saturated rings. The summed E-state index contributed by atoms with van der Waals surface area (Å²) in [7, 11) is 7.21. The number of benzene rings is 4. The molecule has 8 rings (SSSR count). The van der Waals surface area contributed by atoms with Gasteiger partial charge in [0, 0.05) is 42.1 Å². The number of hydrogen-bond acceptors (Lipinski definition) is 9. The molecule has 4 aromatic rings. The van der Waals surface area contributed by atoms with E-state index in [-0.39, 0.29) is 56.2 Å². The van der Waals surface area contributed by atoms with Gasteiger partial charge in [0.05, 0.1) is 19.8 Å². The Morgan fingerprint density at radius 2 is 1.35 bits per heavy atom. The zero-order valence-electron chi connectivity index (χ0n) is 30.4. The Labute approximate surface area is 316 Å². The number of methoxy groups -OCH3 is 2. The molecule has 4 heterocycles. The quantitative estimate of drug-likeness (QED) is 0.113. The molecule has 0 aliphatic carbocycles. The zero-order valence-corrected chi connectivity index (χ0v) is 30.4. The van der Waals surface area contributed by atoms with E-state index in [1.807, 2.05) is 13.1 Å². The van der Waals surface area contributed by atoms with Gasteiger partial charge in [-0.05, 0) is 80.1 Å². The van der Waals surface area contributed by atoms with Gasteiger partial charge in [-0.15, -0.1) is 0 Å². The van der Waals surface area contributed by atoms with Crippen LogP contribution in [0, 0.1) is 23.3 Å². The Balaban J connectivity index is 0.000000175. The molecule has 0 saturated carbocycles. The summed E-state index contributed by atoms with van der Waals surface area (Å²) in [5, 5.41) is 0. The van der Waals surface area contributed by atoms with Gasteiger partial charge in [-0.3, -0.25) is 14.5 Å². The van der Waals surface area contributed by atoms with Crippen LogP contribution in [0.1, 0.15) is 69.8 Å². The number of carbonyl (C=O) groups excluding carboxylic acids is 2. The van der Waals surface area contributed by atoms with Gasteiger partial charge in [0.15, 0.2) is 64.0 Å².